The maximum absolute atomic E-state index is 14.0. The Hall–Kier alpha value is -3.10. The Morgan fingerprint density at radius 2 is 1.80 bits per heavy atom. The van der Waals surface area contributed by atoms with E-state index in [1.807, 2.05) is 13.8 Å². The minimum Gasteiger partial charge on any atom is -0.465 e. The number of hydrogen-bond donors (Lipinski definition) is 5. The van der Waals surface area contributed by atoms with E-state index in [2.05, 4.69) is 25.1 Å². The van der Waals surface area contributed by atoms with Crippen LogP contribution >= 0.6 is 7.44 Å². The fourth-order valence-corrected chi connectivity index (χ4v) is 6.13. The summed E-state index contributed by atoms with van der Waals surface area (Å²) in [7, 11) is -3.76. The van der Waals surface area contributed by atoms with E-state index in [9.17, 15) is 24.1 Å². The van der Waals surface area contributed by atoms with Gasteiger partial charge in [0.2, 0.25) is 13.4 Å². The number of nitrogens with one attached hydrogen (secondary N) is 3. The molecule has 0 unspecified atom stereocenters. The first-order valence-electron chi connectivity index (χ1n) is 13.7. The zero-order valence-corrected chi connectivity index (χ0v) is 24.6. The monoisotopic (exact) mass is 597 g/mol. The Bertz CT molecular complexity index is 1290. The lowest BCUT2D eigenvalue weighted by Crippen LogP contribution is -2.41. The summed E-state index contributed by atoms with van der Waals surface area (Å²) in [5, 5.41) is 16.3. The molecule has 15 nitrogen and oxygen atoms in total. The number of hydrogen-bond acceptors (Lipinski definition) is 11. The van der Waals surface area contributed by atoms with E-state index >= 15 is 0 Å². The third kappa shape index (κ3) is 8.69. The van der Waals surface area contributed by atoms with Crippen molar-refractivity contribution in [3.05, 3.63) is 28.6 Å². The van der Waals surface area contributed by atoms with Gasteiger partial charge < -0.3 is 25.1 Å². The first kappa shape index (κ1) is 32.4. The molecular formula is C25H40N7O8P. The normalized spacial score (nSPS) is 20.9. The van der Waals surface area contributed by atoms with Crippen molar-refractivity contribution in [3.63, 3.8) is 0 Å². The standard InChI is InChI=1S/C25H40N7O8P/c1-5-7-10-38-23(35)15(3)30-41(37,31-16(4)24(36)39-11-8-6-2)12-9-17-13-18(33)22(40-17)32-14-27-19-20(32)28-25(26)29-21(19)34/h9,12,14-18,22,33H,5-8,10-11,13H2,1-4H3,(H2,30,31,37)(H3,26,28,29,34)/b12-9+/t15-,16-,17+,18+,22+/m0/s1. The summed E-state index contributed by atoms with van der Waals surface area (Å²) in [5.41, 5.74) is 5.31. The highest BCUT2D eigenvalue weighted by Crippen LogP contribution is 2.41. The number of nitrogens with two attached hydrogens (primary N) is 1. The van der Waals surface area contributed by atoms with E-state index in [1.165, 1.54) is 36.6 Å². The Morgan fingerprint density at radius 1 is 1.22 bits per heavy atom. The molecule has 1 fully saturated rings. The van der Waals surface area contributed by atoms with E-state index in [1.54, 1.807) is 0 Å². The van der Waals surface area contributed by atoms with Crippen molar-refractivity contribution in [1.29, 1.82) is 0 Å². The van der Waals surface area contributed by atoms with Gasteiger partial charge >= 0.3 is 11.9 Å². The van der Waals surface area contributed by atoms with Crippen LogP contribution in [0.2, 0.25) is 0 Å². The maximum atomic E-state index is 14.0. The molecule has 0 spiro atoms. The average molecular weight is 598 g/mol. The van der Waals surface area contributed by atoms with Crippen LogP contribution in [-0.2, 0) is 28.4 Å². The number of ether oxygens (including phenoxy) is 3. The van der Waals surface area contributed by atoms with E-state index in [-0.39, 0.29) is 36.7 Å². The van der Waals surface area contributed by atoms with Crippen molar-refractivity contribution in [2.75, 3.05) is 18.9 Å². The molecule has 2 aromatic rings. The van der Waals surface area contributed by atoms with Crippen LogP contribution in [0, 0.1) is 0 Å². The summed E-state index contributed by atoms with van der Waals surface area (Å²) >= 11 is 0. The van der Waals surface area contributed by atoms with Crippen LogP contribution in [0.5, 0.6) is 0 Å². The second kappa shape index (κ2) is 14.7. The third-order valence-electron chi connectivity index (χ3n) is 6.32. The summed E-state index contributed by atoms with van der Waals surface area (Å²) < 4.78 is 31.8. The second-order valence-electron chi connectivity index (χ2n) is 9.89. The van der Waals surface area contributed by atoms with Gasteiger partial charge in [-0.15, -0.1) is 0 Å². The maximum Gasteiger partial charge on any atom is 0.323 e. The number of nitrogen functional groups attached to an aromatic ring is 1. The van der Waals surface area contributed by atoms with E-state index in [0.717, 1.165) is 12.8 Å². The van der Waals surface area contributed by atoms with Gasteiger partial charge in [-0.1, -0.05) is 26.7 Å². The molecule has 16 heteroatoms. The summed E-state index contributed by atoms with van der Waals surface area (Å²) in [6, 6.07) is -1.93. The van der Waals surface area contributed by atoms with Crippen molar-refractivity contribution in [2.45, 2.75) is 90.3 Å². The van der Waals surface area contributed by atoms with Gasteiger partial charge in [-0.25, -0.2) is 15.2 Å². The van der Waals surface area contributed by atoms with Gasteiger partial charge in [0.1, 0.15) is 18.2 Å². The quantitative estimate of drug-likeness (QED) is 0.112. The lowest BCUT2D eigenvalue weighted by molar-refractivity contribution is -0.145. The lowest BCUT2D eigenvalue weighted by atomic mass is 10.2. The zero-order chi connectivity index (χ0) is 30.2. The van der Waals surface area contributed by atoms with Crippen molar-refractivity contribution >= 4 is 36.5 Å². The molecule has 0 bridgehead atoms. The number of fused-ring (bicyclic) bond motifs is 1. The number of rotatable bonds is 15. The van der Waals surface area contributed by atoms with Gasteiger partial charge in [0.05, 0.1) is 25.6 Å². The molecule has 0 saturated carbocycles. The van der Waals surface area contributed by atoms with E-state index in [0.29, 0.717) is 12.8 Å². The van der Waals surface area contributed by atoms with E-state index < -0.39 is 55.5 Å². The van der Waals surface area contributed by atoms with Gasteiger partial charge in [-0.3, -0.25) is 28.5 Å². The van der Waals surface area contributed by atoms with Crippen LogP contribution < -0.4 is 21.5 Å². The van der Waals surface area contributed by atoms with Crippen molar-refractivity contribution in [2.24, 2.45) is 0 Å². The highest BCUT2D eigenvalue weighted by Gasteiger charge is 2.36. The Kier molecular flexibility index (Phi) is 11.6. The van der Waals surface area contributed by atoms with Crippen LogP contribution in [0.3, 0.4) is 0 Å². The van der Waals surface area contributed by atoms with Gasteiger partial charge in [-0.2, -0.15) is 4.98 Å². The van der Waals surface area contributed by atoms with Crippen LogP contribution in [0.15, 0.2) is 23.0 Å². The number of aromatic amines is 1. The van der Waals surface area contributed by atoms with Crippen LogP contribution in [0.25, 0.3) is 11.2 Å². The van der Waals surface area contributed by atoms with Crippen LogP contribution in [0.1, 0.15) is 66.0 Å². The molecule has 2 aromatic heterocycles. The number of unbranched alkanes of at least 4 members (excludes halogenated alkanes) is 2. The SMILES string of the molecule is CCCCOC(=O)[C@H](C)NP(=O)(/C=C/[C@@H]1C[C@@H](O)[C@H](n2cnc3c(=O)[nH]c(N)nc32)O1)N[C@@H](C)C(=O)OCCCC. The molecule has 6 N–H and O–H groups in total. The summed E-state index contributed by atoms with van der Waals surface area (Å²) in [4.78, 5) is 47.6. The Balaban J connectivity index is 1.77. The van der Waals surface area contributed by atoms with Gasteiger partial charge in [0, 0.05) is 12.2 Å². The fraction of sp³-hybridized carbons (Fsp3) is 0.640. The van der Waals surface area contributed by atoms with Crippen molar-refractivity contribution < 1.29 is 33.5 Å². The zero-order valence-electron chi connectivity index (χ0n) is 23.7. The molecule has 228 valence electrons. The lowest BCUT2D eigenvalue weighted by Gasteiger charge is -2.24. The summed E-state index contributed by atoms with van der Waals surface area (Å²) in [5.74, 6) is 0.00325. The number of H-pyrrole nitrogens is 1. The number of aromatic nitrogens is 4. The second-order valence-corrected chi connectivity index (χ2v) is 12.0. The largest absolute Gasteiger partial charge is 0.465 e. The van der Waals surface area contributed by atoms with Gasteiger partial charge in [-0.05, 0) is 32.8 Å². The smallest absolute Gasteiger partial charge is 0.323 e. The number of imidazole rings is 1. The van der Waals surface area contributed by atoms with Gasteiger partial charge in [0.15, 0.2) is 17.4 Å². The first-order chi connectivity index (χ1) is 19.5. The van der Waals surface area contributed by atoms with Crippen LogP contribution in [0.4, 0.5) is 5.95 Å². The van der Waals surface area contributed by atoms with Crippen LogP contribution in [-0.4, -0.2) is 74.1 Å². The minimum atomic E-state index is -3.76. The molecule has 1 aliphatic rings. The number of aliphatic hydroxyl groups excluding tert-OH is 1. The molecule has 0 aliphatic carbocycles. The van der Waals surface area contributed by atoms with E-state index in [4.69, 9.17) is 19.9 Å². The molecule has 3 rings (SSSR count). The molecule has 41 heavy (non-hydrogen) atoms. The predicted molar refractivity (Wildman–Crippen MR) is 151 cm³/mol. The number of aliphatic hydroxyl groups is 1. The fourth-order valence-electron chi connectivity index (χ4n) is 4.09. The molecular weight excluding hydrogens is 557 g/mol. The third-order valence-corrected chi connectivity index (χ3v) is 8.45. The highest BCUT2D eigenvalue weighted by molar-refractivity contribution is 7.63. The molecule has 1 saturated heterocycles. The number of carbonyl (C=O) groups is 2. The molecule has 0 radical (unpaired) electrons. The minimum absolute atomic E-state index is 0.0338. The van der Waals surface area contributed by atoms with Crippen molar-refractivity contribution in [1.82, 2.24) is 29.7 Å². The molecule has 5 atom stereocenters. The number of esters is 2. The van der Waals surface area contributed by atoms with Gasteiger partial charge in [0.25, 0.3) is 5.56 Å². The molecule has 1 aliphatic heterocycles. The first-order valence-corrected chi connectivity index (χ1v) is 15.5. The molecule has 0 amide bonds. The number of carbonyl (C=O) groups excluding carboxylic acids is 2. The predicted octanol–water partition coefficient (Wildman–Crippen LogP) is 1.70. The topological polar surface area (TPSA) is 213 Å². The van der Waals surface area contributed by atoms with Crippen molar-refractivity contribution in [3.8, 4) is 0 Å². The summed E-state index contributed by atoms with van der Waals surface area (Å²) in [6.07, 6.45) is 3.29. The Morgan fingerprint density at radius 3 is 2.37 bits per heavy atom. The Labute approximate surface area is 237 Å². The highest BCUT2D eigenvalue weighted by atomic mass is 31.2. The summed E-state index contributed by atoms with van der Waals surface area (Å²) in [6.45, 7) is 7.42. The molecule has 3 heterocycles. The number of anilines is 1. The molecule has 0 aromatic carbocycles. The average Bonchev–Trinajstić information content (AvgIpc) is 3.50. The number of nitrogens with zero attached hydrogens (tertiary/aromatic N) is 3.